The van der Waals surface area contributed by atoms with E-state index in [2.05, 4.69) is 35.4 Å². The molecule has 19 heavy (non-hydrogen) atoms. The molecule has 0 saturated carbocycles. The van der Waals surface area contributed by atoms with Gasteiger partial charge in [0.25, 0.3) is 0 Å². The molecule has 0 aliphatic heterocycles. The van der Waals surface area contributed by atoms with Crippen molar-refractivity contribution in [2.24, 2.45) is 0 Å². The van der Waals surface area contributed by atoms with Crippen LogP contribution in [0.15, 0.2) is 36.4 Å². The van der Waals surface area contributed by atoms with Crippen LogP contribution in [0.25, 0.3) is 0 Å². The topological polar surface area (TPSA) is 24.9 Å². The van der Waals surface area contributed by atoms with Gasteiger partial charge in [-0.2, -0.15) is 0 Å². The van der Waals surface area contributed by atoms with Crippen molar-refractivity contribution < 1.29 is 0 Å². The number of nitrogens with one attached hydrogen (secondary N) is 1. The lowest BCUT2D eigenvalue weighted by Crippen LogP contribution is -2.11. The summed E-state index contributed by atoms with van der Waals surface area (Å²) >= 11 is 5.93. The summed E-state index contributed by atoms with van der Waals surface area (Å²) in [4.78, 5) is 4.49. The molecule has 0 amide bonds. The lowest BCUT2D eigenvalue weighted by molar-refractivity contribution is 0.747. The van der Waals surface area contributed by atoms with Gasteiger partial charge in [-0.3, -0.25) is 4.98 Å². The van der Waals surface area contributed by atoms with Gasteiger partial charge in [-0.05, 0) is 50.1 Å². The SMILES string of the molecule is CCC(Nc1ccc(C)nc1C)c1ccc(Cl)cc1. The van der Waals surface area contributed by atoms with Crippen molar-refractivity contribution in [2.75, 3.05) is 5.32 Å². The molecular formula is C16H19ClN2. The van der Waals surface area contributed by atoms with Gasteiger partial charge in [0.1, 0.15) is 0 Å². The van der Waals surface area contributed by atoms with Crippen molar-refractivity contribution >= 4 is 17.3 Å². The van der Waals surface area contributed by atoms with Gasteiger partial charge in [-0.1, -0.05) is 30.7 Å². The lowest BCUT2D eigenvalue weighted by atomic mass is 10.0. The Morgan fingerprint density at radius 3 is 2.37 bits per heavy atom. The summed E-state index contributed by atoms with van der Waals surface area (Å²) in [6.07, 6.45) is 1.01. The van der Waals surface area contributed by atoms with E-state index in [1.165, 1.54) is 5.56 Å². The molecule has 0 fully saturated rings. The van der Waals surface area contributed by atoms with E-state index in [9.17, 15) is 0 Å². The van der Waals surface area contributed by atoms with Crippen LogP contribution in [0.2, 0.25) is 5.02 Å². The quantitative estimate of drug-likeness (QED) is 0.856. The largest absolute Gasteiger partial charge is 0.377 e. The Kier molecular flexibility index (Phi) is 4.43. The summed E-state index contributed by atoms with van der Waals surface area (Å²) in [5.41, 5.74) is 4.41. The van der Waals surface area contributed by atoms with Gasteiger partial charge in [-0.15, -0.1) is 0 Å². The summed E-state index contributed by atoms with van der Waals surface area (Å²) in [5, 5.41) is 4.32. The van der Waals surface area contributed by atoms with E-state index >= 15 is 0 Å². The van der Waals surface area contributed by atoms with E-state index < -0.39 is 0 Å². The Morgan fingerprint density at radius 1 is 1.11 bits per heavy atom. The van der Waals surface area contributed by atoms with Gasteiger partial charge in [-0.25, -0.2) is 0 Å². The highest BCUT2D eigenvalue weighted by atomic mass is 35.5. The van der Waals surface area contributed by atoms with Gasteiger partial charge < -0.3 is 5.32 Å². The number of benzene rings is 1. The number of pyridine rings is 1. The molecule has 1 aromatic heterocycles. The molecule has 0 radical (unpaired) electrons. The van der Waals surface area contributed by atoms with Crippen LogP contribution in [0.3, 0.4) is 0 Å². The zero-order chi connectivity index (χ0) is 13.8. The molecule has 2 nitrogen and oxygen atoms in total. The minimum absolute atomic E-state index is 0.278. The third kappa shape index (κ3) is 3.48. The van der Waals surface area contributed by atoms with E-state index in [1.807, 2.05) is 32.0 Å². The second-order valence-corrected chi connectivity index (χ2v) is 5.18. The zero-order valence-electron chi connectivity index (χ0n) is 11.6. The van der Waals surface area contributed by atoms with Crippen LogP contribution in [-0.2, 0) is 0 Å². The fourth-order valence-electron chi connectivity index (χ4n) is 2.14. The van der Waals surface area contributed by atoms with Gasteiger partial charge in [0.15, 0.2) is 0 Å². The Hall–Kier alpha value is -1.54. The van der Waals surface area contributed by atoms with Crippen LogP contribution in [0, 0.1) is 13.8 Å². The number of halogens is 1. The molecule has 1 unspecified atom stereocenters. The maximum atomic E-state index is 5.93. The lowest BCUT2D eigenvalue weighted by Gasteiger charge is -2.20. The Bertz CT molecular complexity index is 549. The second kappa shape index (κ2) is 6.07. The Morgan fingerprint density at radius 2 is 1.79 bits per heavy atom. The number of aromatic nitrogens is 1. The minimum atomic E-state index is 0.278. The molecule has 0 aliphatic rings. The van der Waals surface area contributed by atoms with Crippen LogP contribution < -0.4 is 5.32 Å². The van der Waals surface area contributed by atoms with Crippen LogP contribution in [0.4, 0.5) is 5.69 Å². The summed E-state index contributed by atoms with van der Waals surface area (Å²) in [7, 11) is 0. The van der Waals surface area contributed by atoms with Crippen molar-refractivity contribution in [3.05, 3.63) is 58.4 Å². The van der Waals surface area contributed by atoms with Crippen LogP contribution >= 0.6 is 11.6 Å². The molecule has 0 bridgehead atoms. The van der Waals surface area contributed by atoms with Gasteiger partial charge in [0.05, 0.1) is 17.4 Å². The first kappa shape index (κ1) is 13.9. The van der Waals surface area contributed by atoms with Crippen LogP contribution in [0.1, 0.15) is 36.3 Å². The van der Waals surface area contributed by atoms with Crippen molar-refractivity contribution in [3.63, 3.8) is 0 Å². The average molecular weight is 275 g/mol. The van der Waals surface area contributed by atoms with E-state index in [0.717, 1.165) is 28.5 Å². The van der Waals surface area contributed by atoms with Crippen LogP contribution in [0.5, 0.6) is 0 Å². The standard InChI is InChI=1S/C16H19ClN2/c1-4-15(13-6-8-14(17)9-7-13)19-16-10-5-11(2)18-12(16)3/h5-10,15,19H,4H2,1-3H3. The first-order valence-electron chi connectivity index (χ1n) is 6.56. The molecular weight excluding hydrogens is 256 g/mol. The van der Waals surface area contributed by atoms with E-state index in [4.69, 9.17) is 11.6 Å². The first-order chi connectivity index (χ1) is 9.10. The van der Waals surface area contributed by atoms with E-state index in [1.54, 1.807) is 0 Å². The predicted molar refractivity (Wildman–Crippen MR) is 81.8 cm³/mol. The molecule has 1 atom stereocenters. The predicted octanol–water partition coefficient (Wildman–Crippen LogP) is 4.92. The molecule has 3 heteroatoms. The molecule has 1 heterocycles. The van der Waals surface area contributed by atoms with Gasteiger partial charge in [0.2, 0.25) is 0 Å². The Labute approximate surface area is 119 Å². The van der Waals surface area contributed by atoms with Gasteiger partial charge in [0, 0.05) is 10.7 Å². The van der Waals surface area contributed by atoms with Crippen molar-refractivity contribution in [1.29, 1.82) is 0 Å². The summed E-state index contributed by atoms with van der Waals surface area (Å²) < 4.78 is 0. The number of aryl methyl sites for hydroxylation is 2. The fraction of sp³-hybridized carbons (Fsp3) is 0.312. The maximum absolute atomic E-state index is 5.93. The summed E-state index contributed by atoms with van der Waals surface area (Å²) in [6.45, 7) is 6.21. The normalized spacial score (nSPS) is 12.2. The first-order valence-corrected chi connectivity index (χ1v) is 6.94. The van der Waals surface area contributed by atoms with E-state index in [0.29, 0.717) is 0 Å². The van der Waals surface area contributed by atoms with Crippen molar-refractivity contribution in [1.82, 2.24) is 4.98 Å². The molecule has 1 aromatic carbocycles. The van der Waals surface area contributed by atoms with Crippen molar-refractivity contribution in [2.45, 2.75) is 33.2 Å². The number of rotatable bonds is 4. The number of hydrogen-bond acceptors (Lipinski definition) is 2. The summed E-state index contributed by atoms with van der Waals surface area (Å²) in [5.74, 6) is 0. The highest BCUT2D eigenvalue weighted by Crippen LogP contribution is 2.25. The van der Waals surface area contributed by atoms with Crippen molar-refractivity contribution in [3.8, 4) is 0 Å². The zero-order valence-corrected chi connectivity index (χ0v) is 12.3. The molecule has 1 N–H and O–H groups in total. The highest BCUT2D eigenvalue weighted by Gasteiger charge is 2.10. The third-order valence-electron chi connectivity index (χ3n) is 3.24. The smallest absolute Gasteiger partial charge is 0.0607 e. The Balaban J connectivity index is 2.21. The maximum Gasteiger partial charge on any atom is 0.0607 e. The summed E-state index contributed by atoms with van der Waals surface area (Å²) in [6, 6.07) is 12.4. The van der Waals surface area contributed by atoms with Gasteiger partial charge >= 0.3 is 0 Å². The molecule has 0 saturated heterocycles. The molecule has 0 spiro atoms. The number of anilines is 1. The molecule has 2 rings (SSSR count). The number of hydrogen-bond donors (Lipinski definition) is 1. The molecule has 100 valence electrons. The third-order valence-corrected chi connectivity index (χ3v) is 3.49. The number of nitrogens with zero attached hydrogens (tertiary/aromatic N) is 1. The van der Waals surface area contributed by atoms with Crippen LogP contribution in [-0.4, -0.2) is 4.98 Å². The second-order valence-electron chi connectivity index (χ2n) is 4.74. The minimum Gasteiger partial charge on any atom is -0.377 e. The fourth-order valence-corrected chi connectivity index (χ4v) is 2.27. The highest BCUT2D eigenvalue weighted by molar-refractivity contribution is 6.30. The van der Waals surface area contributed by atoms with E-state index in [-0.39, 0.29) is 6.04 Å². The monoisotopic (exact) mass is 274 g/mol. The average Bonchev–Trinajstić information content (AvgIpc) is 2.39. The molecule has 2 aromatic rings. The molecule has 0 aliphatic carbocycles.